The van der Waals surface area contributed by atoms with Crippen LogP contribution < -0.4 is 10.1 Å². The number of benzene rings is 2. The second kappa shape index (κ2) is 12.1. The normalized spacial score (nSPS) is 11.8. The number of hydrogen-bond acceptors (Lipinski definition) is 3. The van der Waals surface area contributed by atoms with Crippen molar-refractivity contribution < 1.29 is 14.3 Å². The van der Waals surface area contributed by atoms with Crippen LogP contribution in [0, 0.1) is 12.8 Å². The Morgan fingerprint density at radius 3 is 2.13 bits per heavy atom. The molecule has 0 spiro atoms. The van der Waals surface area contributed by atoms with Crippen LogP contribution in [0.15, 0.2) is 48.5 Å². The van der Waals surface area contributed by atoms with Gasteiger partial charge in [-0.1, -0.05) is 69.7 Å². The first-order chi connectivity index (χ1) is 14.8. The summed E-state index contributed by atoms with van der Waals surface area (Å²) < 4.78 is 5.75. The minimum absolute atomic E-state index is 0.106. The highest BCUT2D eigenvalue weighted by Crippen LogP contribution is 2.16. The molecule has 0 aliphatic heterocycles. The molecule has 0 aliphatic rings. The smallest absolute Gasteiger partial charge is 0.261 e. The van der Waals surface area contributed by atoms with E-state index in [0.717, 1.165) is 17.5 Å². The van der Waals surface area contributed by atoms with E-state index in [1.165, 1.54) is 5.56 Å². The summed E-state index contributed by atoms with van der Waals surface area (Å²) in [5.74, 6) is 0.672. The monoisotopic (exact) mass is 424 g/mol. The summed E-state index contributed by atoms with van der Waals surface area (Å²) in [6, 6.07) is 15.2. The first-order valence-corrected chi connectivity index (χ1v) is 11.2. The van der Waals surface area contributed by atoms with Gasteiger partial charge in [-0.25, -0.2) is 0 Å². The Morgan fingerprint density at radius 2 is 1.58 bits per heavy atom. The highest BCUT2D eigenvalue weighted by Gasteiger charge is 2.29. The zero-order valence-corrected chi connectivity index (χ0v) is 19.5. The van der Waals surface area contributed by atoms with Crippen LogP contribution in [-0.4, -0.2) is 35.9 Å². The van der Waals surface area contributed by atoms with Gasteiger partial charge < -0.3 is 15.0 Å². The third-order valence-electron chi connectivity index (χ3n) is 5.24. The number of carbonyl (C=O) groups is 2. The molecule has 5 nitrogen and oxygen atoms in total. The van der Waals surface area contributed by atoms with Gasteiger partial charge in [-0.3, -0.25) is 9.59 Å². The molecule has 0 saturated carbocycles. The summed E-state index contributed by atoms with van der Waals surface area (Å²) >= 11 is 0. The van der Waals surface area contributed by atoms with Crippen molar-refractivity contribution >= 4 is 11.8 Å². The predicted octanol–water partition coefficient (Wildman–Crippen LogP) is 4.52. The Morgan fingerprint density at radius 1 is 0.968 bits per heavy atom. The van der Waals surface area contributed by atoms with Gasteiger partial charge in [-0.05, 0) is 48.9 Å². The first kappa shape index (κ1) is 24.4. The van der Waals surface area contributed by atoms with E-state index < -0.39 is 6.04 Å². The number of nitrogens with zero attached hydrogens (tertiary/aromatic N) is 1. The van der Waals surface area contributed by atoms with Crippen LogP contribution in [0.1, 0.15) is 50.8 Å². The molecule has 0 aromatic heterocycles. The SMILES string of the molecule is CCc1ccc(OCC(=O)N(Cc2ccc(C)cc2)C(CC)C(=O)NCC(C)C)cc1. The number of ether oxygens (including phenoxy) is 1. The molecule has 0 saturated heterocycles. The summed E-state index contributed by atoms with van der Waals surface area (Å²) in [6.45, 7) is 11.0. The minimum atomic E-state index is -0.543. The molecule has 5 heteroatoms. The van der Waals surface area contributed by atoms with Crippen LogP contribution in [-0.2, 0) is 22.6 Å². The van der Waals surface area contributed by atoms with E-state index in [1.54, 1.807) is 4.90 Å². The summed E-state index contributed by atoms with van der Waals surface area (Å²) in [4.78, 5) is 27.7. The number of carbonyl (C=O) groups excluding carboxylic acids is 2. The molecule has 0 heterocycles. The van der Waals surface area contributed by atoms with Gasteiger partial charge in [0.25, 0.3) is 5.91 Å². The number of amides is 2. The Bertz CT molecular complexity index is 829. The van der Waals surface area contributed by atoms with Crippen LogP contribution in [0.2, 0.25) is 0 Å². The van der Waals surface area contributed by atoms with Crippen LogP contribution in [0.4, 0.5) is 0 Å². The molecule has 2 rings (SSSR count). The summed E-state index contributed by atoms with van der Waals surface area (Å²) in [6.07, 6.45) is 1.49. The molecule has 0 aliphatic carbocycles. The largest absolute Gasteiger partial charge is 0.484 e. The molecule has 0 fully saturated rings. The Hall–Kier alpha value is -2.82. The summed E-state index contributed by atoms with van der Waals surface area (Å²) in [7, 11) is 0. The van der Waals surface area contributed by atoms with Gasteiger partial charge >= 0.3 is 0 Å². The molecule has 168 valence electrons. The van der Waals surface area contributed by atoms with Gasteiger partial charge in [-0.15, -0.1) is 0 Å². The van der Waals surface area contributed by atoms with Crippen LogP contribution in [0.25, 0.3) is 0 Å². The standard InChI is InChI=1S/C26H36N2O3/c1-6-21-12-14-23(15-13-21)31-18-25(29)28(17-22-10-8-20(5)9-11-22)24(7-2)26(30)27-16-19(3)4/h8-15,19,24H,6-7,16-18H2,1-5H3,(H,27,30). The maximum Gasteiger partial charge on any atom is 0.261 e. The van der Waals surface area contributed by atoms with E-state index in [4.69, 9.17) is 4.74 Å². The third kappa shape index (κ3) is 7.74. The average molecular weight is 425 g/mol. The van der Waals surface area contributed by atoms with Crippen molar-refractivity contribution in [1.82, 2.24) is 10.2 Å². The number of aryl methyl sites for hydroxylation is 2. The number of rotatable bonds is 11. The van der Waals surface area contributed by atoms with Crippen molar-refractivity contribution in [1.29, 1.82) is 0 Å². The van der Waals surface area contributed by atoms with E-state index in [2.05, 4.69) is 12.2 Å². The highest BCUT2D eigenvalue weighted by atomic mass is 16.5. The number of nitrogens with one attached hydrogen (secondary N) is 1. The predicted molar refractivity (Wildman–Crippen MR) is 125 cm³/mol. The van der Waals surface area contributed by atoms with Crippen LogP contribution >= 0.6 is 0 Å². The van der Waals surface area contributed by atoms with E-state index in [0.29, 0.717) is 31.2 Å². The van der Waals surface area contributed by atoms with E-state index in [9.17, 15) is 9.59 Å². The van der Waals surface area contributed by atoms with E-state index >= 15 is 0 Å². The van der Waals surface area contributed by atoms with Gasteiger partial charge in [0.1, 0.15) is 11.8 Å². The maximum atomic E-state index is 13.2. The lowest BCUT2D eigenvalue weighted by molar-refractivity contribution is -0.143. The molecule has 2 amide bonds. The van der Waals surface area contributed by atoms with Crippen molar-refractivity contribution in [3.63, 3.8) is 0 Å². The topological polar surface area (TPSA) is 58.6 Å². The van der Waals surface area contributed by atoms with Gasteiger partial charge in [-0.2, -0.15) is 0 Å². The van der Waals surface area contributed by atoms with Gasteiger partial charge in [0, 0.05) is 13.1 Å². The molecule has 1 unspecified atom stereocenters. The van der Waals surface area contributed by atoms with Gasteiger partial charge in [0.05, 0.1) is 0 Å². The first-order valence-electron chi connectivity index (χ1n) is 11.2. The lowest BCUT2D eigenvalue weighted by atomic mass is 10.1. The van der Waals surface area contributed by atoms with E-state index in [-0.39, 0.29) is 18.4 Å². The molecule has 0 radical (unpaired) electrons. The molecular formula is C26H36N2O3. The van der Waals surface area contributed by atoms with Crippen molar-refractivity contribution in [3.05, 3.63) is 65.2 Å². The fraction of sp³-hybridized carbons (Fsp3) is 0.462. The molecule has 2 aromatic carbocycles. The molecule has 1 atom stereocenters. The Labute approximate surface area is 186 Å². The van der Waals surface area contributed by atoms with Gasteiger partial charge in [0.15, 0.2) is 6.61 Å². The average Bonchev–Trinajstić information content (AvgIpc) is 2.77. The van der Waals surface area contributed by atoms with Crippen molar-refractivity contribution in [2.75, 3.05) is 13.2 Å². The number of hydrogen-bond donors (Lipinski definition) is 1. The fourth-order valence-electron chi connectivity index (χ4n) is 3.28. The quantitative estimate of drug-likeness (QED) is 0.577. The maximum absolute atomic E-state index is 13.2. The summed E-state index contributed by atoms with van der Waals surface area (Å²) in [5.41, 5.74) is 3.36. The second-order valence-corrected chi connectivity index (χ2v) is 8.36. The Balaban J connectivity index is 2.16. The zero-order chi connectivity index (χ0) is 22.8. The molecule has 31 heavy (non-hydrogen) atoms. The molecule has 0 bridgehead atoms. The van der Waals surface area contributed by atoms with Gasteiger partial charge in [0.2, 0.25) is 5.91 Å². The van der Waals surface area contributed by atoms with Crippen molar-refractivity contribution in [2.24, 2.45) is 5.92 Å². The molecule has 2 aromatic rings. The van der Waals surface area contributed by atoms with Crippen molar-refractivity contribution in [2.45, 2.75) is 60.0 Å². The van der Waals surface area contributed by atoms with Crippen LogP contribution in [0.3, 0.4) is 0 Å². The lowest BCUT2D eigenvalue weighted by Crippen LogP contribution is -2.50. The highest BCUT2D eigenvalue weighted by molar-refractivity contribution is 5.88. The Kier molecular flexibility index (Phi) is 9.57. The summed E-state index contributed by atoms with van der Waals surface area (Å²) in [5, 5.41) is 2.98. The lowest BCUT2D eigenvalue weighted by Gasteiger charge is -2.31. The molecular weight excluding hydrogens is 388 g/mol. The fourth-order valence-corrected chi connectivity index (χ4v) is 3.28. The van der Waals surface area contributed by atoms with Crippen LogP contribution in [0.5, 0.6) is 5.75 Å². The second-order valence-electron chi connectivity index (χ2n) is 8.36. The zero-order valence-electron chi connectivity index (χ0n) is 19.5. The minimum Gasteiger partial charge on any atom is -0.484 e. The third-order valence-corrected chi connectivity index (χ3v) is 5.24. The van der Waals surface area contributed by atoms with E-state index in [1.807, 2.05) is 76.2 Å². The van der Waals surface area contributed by atoms with Crippen molar-refractivity contribution in [3.8, 4) is 5.75 Å². The molecule has 1 N–H and O–H groups in total.